The van der Waals surface area contributed by atoms with Crippen LogP contribution in [0.5, 0.6) is 0 Å². The third-order valence-electron chi connectivity index (χ3n) is 5.45. The van der Waals surface area contributed by atoms with Crippen LogP contribution in [0.3, 0.4) is 0 Å². The van der Waals surface area contributed by atoms with Crippen molar-refractivity contribution >= 4 is 30.0 Å². The molecule has 0 heterocycles. The number of ether oxygens (including phenoxy) is 4. The first-order valence-electron chi connectivity index (χ1n) is 12.9. The van der Waals surface area contributed by atoms with E-state index in [1.54, 1.807) is 30.9 Å². The Kier molecular flexibility index (Phi) is 23.0. The zero-order valence-corrected chi connectivity index (χ0v) is 24.7. The van der Waals surface area contributed by atoms with Gasteiger partial charge < -0.3 is 38.8 Å². The molecule has 13 heteroatoms. The highest BCUT2D eigenvalue weighted by molar-refractivity contribution is 5.84. The molecule has 0 saturated heterocycles. The molecule has 0 aromatic carbocycles. The molecule has 0 saturated carbocycles. The minimum absolute atomic E-state index is 0.00702. The molecule has 0 radical (unpaired) electrons. The Labute approximate surface area is 232 Å². The van der Waals surface area contributed by atoms with Gasteiger partial charge in [0.05, 0.1) is 39.6 Å². The molecule has 0 aliphatic carbocycles. The van der Waals surface area contributed by atoms with Crippen molar-refractivity contribution in [2.45, 2.75) is 40.5 Å². The lowest BCUT2D eigenvalue weighted by atomic mass is 9.91. The van der Waals surface area contributed by atoms with Gasteiger partial charge in [0.1, 0.15) is 13.2 Å². The highest BCUT2D eigenvalue weighted by atomic mass is 16.5. The number of hydrogen-bond acceptors (Lipinski definition) is 9. The summed E-state index contributed by atoms with van der Waals surface area (Å²) in [6.07, 6.45) is 1.00. The summed E-state index contributed by atoms with van der Waals surface area (Å²) in [5, 5.41) is 6.89. The summed E-state index contributed by atoms with van der Waals surface area (Å²) < 4.78 is 21.6. The molecule has 0 aliphatic rings. The van der Waals surface area contributed by atoms with Gasteiger partial charge in [0.25, 0.3) is 6.47 Å². The number of carbonyl (C=O) groups excluding carboxylic acids is 4. The van der Waals surface area contributed by atoms with E-state index in [0.717, 1.165) is 0 Å². The van der Waals surface area contributed by atoms with Gasteiger partial charge in [-0.2, -0.15) is 0 Å². The first-order chi connectivity index (χ1) is 18.3. The molecule has 0 rings (SSSR count). The van der Waals surface area contributed by atoms with Gasteiger partial charge in [0.15, 0.2) is 5.78 Å². The molecule has 0 unspecified atom stereocenters. The van der Waals surface area contributed by atoms with Gasteiger partial charge in [-0.15, -0.1) is 0 Å². The standard InChI is InChI=1S/C25H47N3O8.CH2O2/c1-21(29)26(5)10-8-9-23(31)27(6)11-13-33-16-18-36-20-24(32)28(7)12-14-34-15-17-35-19-22(30)25(2,3)4;2-1-3/h8-20H2,1-7H3;1H,(H,2,3). The Bertz CT molecular complexity index is 713. The fourth-order valence-corrected chi connectivity index (χ4v) is 2.56. The van der Waals surface area contributed by atoms with Crippen molar-refractivity contribution < 1.29 is 48.0 Å². The van der Waals surface area contributed by atoms with Crippen molar-refractivity contribution in [1.29, 1.82) is 0 Å². The number of carbonyl (C=O) groups is 5. The number of amides is 3. The van der Waals surface area contributed by atoms with E-state index in [1.807, 2.05) is 20.8 Å². The molecule has 0 atom stereocenters. The number of rotatable bonds is 20. The van der Waals surface area contributed by atoms with Crippen LogP contribution in [0.4, 0.5) is 0 Å². The monoisotopic (exact) mass is 563 g/mol. The summed E-state index contributed by atoms with van der Waals surface area (Å²) in [6.45, 7) is 10.3. The number of nitrogens with zero attached hydrogens (tertiary/aromatic N) is 3. The SMILES string of the molecule is CC(=O)N(C)CCCC(=O)N(C)CCOCCOCC(=O)N(C)CCOCCOCC(=O)C(C)(C)C.O=CO. The van der Waals surface area contributed by atoms with Crippen molar-refractivity contribution in [3.63, 3.8) is 0 Å². The van der Waals surface area contributed by atoms with E-state index in [9.17, 15) is 19.2 Å². The van der Waals surface area contributed by atoms with E-state index in [-0.39, 0.29) is 49.8 Å². The zero-order valence-electron chi connectivity index (χ0n) is 24.7. The second-order valence-electron chi connectivity index (χ2n) is 9.78. The number of carboxylic acid groups (broad SMARTS) is 1. The van der Waals surface area contributed by atoms with Gasteiger partial charge in [-0.3, -0.25) is 24.0 Å². The predicted molar refractivity (Wildman–Crippen MR) is 144 cm³/mol. The van der Waals surface area contributed by atoms with Gasteiger partial charge in [0, 0.05) is 59.5 Å². The van der Waals surface area contributed by atoms with E-state index in [2.05, 4.69) is 0 Å². The van der Waals surface area contributed by atoms with Crippen LogP contribution in [0.15, 0.2) is 0 Å². The maximum absolute atomic E-state index is 12.1. The molecule has 1 N–H and O–H groups in total. The van der Waals surface area contributed by atoms with Gasteiger partial charge in [-0.1, -0.05) is 20.8 Å². The van der Waals surface area contributed by atoms with Crippen LogP contribution in [0.1, 0.15) is 40.5 Å². The lowest BCUT2D eigenvalue weighted by Crippen LogP contribution is -2.34. The fraction of sp³-hybridized carbons (Fsp3) is 0.808. The highest BCUT2D eigenvalue weighted by Gasteiger charge is 2.20. The molecule has 0 aromatic rings. The van der Waals surface area contributed by atoms with E-state index in [1.165, 1.54) is 11.8 Å². The van der Waals surface area contributed by atoms with Crippen molar-refractivity contribution in [2.24, 2.45) is 5.41 Å². The van der Waals surface area contributed by atoms with Gasteiger partial charge >= 0.3 is 0 Å². The first kappa shape index (κ1) is 38.5. The minimum Gasteiger partial charge on any atom is -0.483 e. The largest absolute Gasteiger partial charge is 0.483 e. The third kappa shape index (κ3) is 23.0. The summed E-state index contributed by atoms with van der Waals surface area (Å²) in [5.74, 6) is -0.126. The average molecular weight is 564 g/mol. The lowest BCUT2D eigenvalue weighted by molar-refractivity contribution is -0.136. The van der Waals surface area contributed by atoms with Crippen molar-refractivity contribution in [3.05, 3.63) is 0 Å². The maximum atomic E-state index is 12.1. The van der Waals surface area contributed by atoms with Crippen molar-refractivity contribution in [1.82, 2.24) is 14.7 Å². The van der Waals surface area contributed by atoms with E-state index in [4.69, 9.17) is 28.8 Å². The van der Waals surface area contributed by atoms with Gasteiger partial charge in [-0.05, 0) is 6.42 Å². The normalized spacial score (nSPS) is 10.7. The van der Waals surface area contributed by atoms with Crippen LogP contribution in [-0.4, -0.2) is 143 Å². The van der Waals surface area contributed by atoms with Crippen LogP contribution in [0, 0.1) is 5.41 Å². The third-order valence-corrected chi connectivity index (χ3v) is 5.45. The Morgan fingerprint density at radius 1 is 0.692 bits per heavy atom. The average Bonchev–Trinajstić information content (AvgIpc) is 2.86. The summed E-state index contributed by atoms with van der Waals surface area (Å²) in [7, 11) is 5.11. The Morgan fingerprint density at radius 2 is 1.13 bits per heavy atom. The topological polar surface area (TPSA) is 152 Å². The molecular formula is C26H49N3O10. The Morgan fingerprint density at radius 3 is 1.59 bits per heavy atom. The Hall–Kier alpha value is -2.61. The molecule has 39 heavy (non-hydrogen) atoms. The fourth-order valence-electron chi connectivity index (χ4n) is 2.56. The molecule has 228 valence electrons. The second-order valence-corrected chi connectivity index (χ2v) is 9.78. The lowest BCUT2D eigenvalue weighted by Gasteiger charge is -2.19. The Balaban J connectivity index is 0. The van der Waals surface area contributed by atoms with E-state index >= 15 is 0 Å². The van der Waals surface area contributed by atoms with Gasteiger partial charge in [0.2, 0.25) is 17.7 Å². The van der Waals surface area contributed by atoms with Crippen LogP contribution >= 0.6 is 0 Å². The van der Waals surface area contributed by atoms with E-state index in [0.29, 0.717) is 65.5 Å². The summed E-state index contributed by atoms with van der Waals surface area (Å²) in [4.78, 5) is 60.1. The quantitative estimate of drug-likeness (QED) is 0.164. The second kappa shape index (κ2) is 23.3. The predicted octanol–water partition coefficient (Wildman–Crippen LogP) is 0.544. The van der Waals surface area contributed by atoms with Gasteiger partial charge in [-0.25, -0.2) is 0 Å². The van der Waals surface area contributed by atoms with Crippen LogP contribution in [0.2, 0.25) is 0 Å². The minimum atomic E-state index is -0.411. The smallest absolute Gasteiger partial charge is 0.290 e. The van der Waals surface area contributed by atoms with Crippen molar-refractivity contribution in [3.8, 4) is 0 Å². The molecule has 13 nitrogen and oxygen atoms in total. The molecule has 3 amide bonds. The number of Topliss-reactive ketones (excluding diaryl/α,β-unsaturated/α-hetero) is 1. The molecule has 0 fully saturated rings. The first-order valence-corrected chi connectivity index (χ1v) is 12.9. The summed E-state index contributed by atoms with van der Waals surface area (Å²) in [5.41, 5.74) is -0.411. The van der Waals surface area contributed by atoms with Crippen LogP contribution in [0.25, 0.3) is 0 Å². The van der Waals surface area contributed by atoms with Crippen LogP contribution < -0.4 is 0 Å². The molecular weight excluding hydrogens is 514 g/mol. The number of ketones is 1. The number of likely N-dealkylation sites (N-methyl/N-ethyl adjacent to an activating group) is 2. The maximum Gasteiger partial charge on any atom is 0.290 e. The number of hydrogen-bond donors (Lipinski definition) is 1. The molecule has 0 spiro atoms. The highest BCUT2D eigenvalue weighted by Crippen LogP contribution is 2.14. The zero-order chi connectivity index (χ0) is 30.3. The van der Waals surface area contributed by atoms with Crippen molar-refractivity contribution in [2.75, 3.05) is 93.6 Å². The molecule has 0 aliphatic heterocycles. The summed E-state index contributed by atoms with van der Waals surface area (Å²) >= 11 is 0. The molecule has 0 bridgehead atoms. The van der Waals surface area contributed by atoms with Crippen LogP contribution in [-0.2, 0) is 42.9 Å². The van der Waals surface area contributed by atoms with E-state index < -0.39 is 5.41 Å². The summed E-state index contributed by atoms with van der Waals surface area (Å²) in [6, 6.07) is 0. The molecule has 0 aromatic heterocycles.